The molecule has 12 heavy (non-hydrogen) atoms. The number of hydrogen-bond acceptors (Lipinski definition) is 2. The average molecular weight is 193 g/mol. The molecule has 1 fully saturated rings. The van der Waals surface area contributed by atoms with Crippen LogP contribution in [-0.2, 0) is 4.79 Å². The number of nitrogens with two attached hydrogens (primary N) is 1. The van der Waals surface area contributed by atoms with Crippen molar-refractivity contribution in [1.29, 1.82) is 0 Å². The number of rotatable bonds is 3. The molecule has 1 rings (SSSR count). The first-order valence-electron chi connectivity index (χ1n) is 4.24. The normalized spacial score (nSPS) is 22.7. The smallest absolute Gasteiger partial charge is 0.225 e. The highest BCUT2D eigenvalue weighted by Crippen LogP contribution is 2.16. The summed E-state index contributed by atoms with van der Waals surface area (Å²) in [5, 5.41) is 0. The third kappa shape index (κ3) is 2.64. The Bertz CT molecular complexity index is 152. The van der Waals surface area contributed by atoms with E-state index in [0.717, 1.165) is 25.9 Å². The standard InChI is InChI=1S/C8H16N2O.ClH/c1-7-3-6-10(8(7)11)5-2-4-9;/h7H,2-6,9H2,1H3;1H. The molecule has 1 aliphatic heterocycles. The van der Waals surface area contributed by atoms with Gasteiger partial charge in [0.15, 0.2) is 0 Å². The number of halogens is 1. The van der Waals surface area contributed by atoms with Crippen molar-refractivity contribution in [1.82, 2.24) is 4.90 Å². The predicted molar refractivity (Wildman–Crippen MR) is 51.3 cm³/mol. The van der Waals surface area contributed by atoms with Gasteiger partial charge in [0.25, 0.3) is 0 Å². The van der Waals surface area contributed by atoms with Crippen LogP contribution in [0.25, 0.3) is 0 Å². The summed E-state index contributed by atoms with van der Waals surface area (Å²) >= 11 is 0. The lowest BCUT2D eigenvalue weighted by molar-refractivity contribution is -0.130. The molecule has 1 amide bonds. The molecular formula is C8H17ClN2O. The van der Waals surface area contributed by atoms with Crippen molar-refractivity contribution < 1.29 is 4.79 Å². The molecular weight excluding hydrogens is 176 g/mol. The maximum atomic E-state index is 11.3. The Labute approximate surface area is 79.7 Å². The monoisotopic (exact) mass is 192 g/mol. The zero-order valence-electron chi connectivity index (χ0n) is 7.45. The summed E-state index contributed by atoms with van der Waals surface area (Å²) in [6.07, 6.45) is 1.95. The molecule has 0 aromatic heterocycles. The second-order valence-electron chi connectivity index (χ2n) is 3.16. The SMILES string of the molecule is CC1CCN(CCCN)C1=O.Cl. The molecule has 4 heteroatoms. The Morgan fingerprint density at radius 2 is 2.33 bits per heavy atom. The summed E-state index contributed by atoms with van der Waals surface area (Å²) in [5.41, 5.74) is 5.35. The third-order valence-corrected chi connectivity index (χ3v) is 2.20. The molecule has 0 spiro atoms. The Hall–Kier alpha value is -0.280. The van der Waals surface area contributed by atoms with Gasteiger partial charge in [0.2, 0.25) is 5.91 Å². The molecule has 0 bridgehead atoms. The van der Waals surface area contributed by atoms with Crippen LogP contribution in [0.2, 0.25) is 0 Å². The molecule has 1 aliphatic rings. The van der Waals surface area contributed by atoms with Crippen LogP contribution in [0.1, 0.15) is 19.8 Å². The summed E-state index contributed by atoms with van der Waals surface area (Å²) in [6.45, 7) is 4.45. The van der Waals surface area contributed by atoms with Gasteiger partial charge in [0.1, 0.15) is 0 Å². The molecule has 1 atom stereocenters. The number of carbonyl (C=O) groups is 1. The summed E-state index contributed by atoms with van der Waals surface area (Å²) in [7, 11) is 0. The predicted octanol–water partition coefficient (Wildman–Crippen LogP) is 0.625. The Morgan fingerprint density at radius 1 is 1.67 bits per heavy atom. The summed E-state index contributed by atoms with van der Waals surface area (Å²) in [6, 6.07) is 0. The van der Waals surface area contributed by atoms with Gasteiger partial charge in [0.05, 0.1) is 0 Å². The molecule has 1 heterocycles. The molecule has 1 saturated heterocycles. The zero-order chi connectivity index (χ0) is 8.27. The van der Waals surface area contributed by atoms with E-state index in [4.69, 9.17) is 5.73 Å². The fraction of sp³-hybridized carbons (Fsp3) is 0.875. The first-order chi connectivity index (χ1) is 5.25. The zero-order valence-corrected chi connectivity index (χ0v) is 8.27. The van der Waals surface area contributed by atoms with Gasteiger partial charge in [-0.25, -0.2) is 0 Å². The van der Waals surface area contributed by atoms with Crippen LogP contribution < -0.4 is 5.73 Å². The van der Waals surface area contributed by atoms with Crippen LogP contribution in [0, 0.1) is 5.92 Å². The van der Waals surface area contributed by atoms with E-state index in [9.17, 15) is 4.79 Å². The minimum atomic E-state index is 0. The Balaban J connectivity index is 0.00000121. The van der Waals surface area contributed by atoms with E-state index in [0.29, 0.717) is 12.5 Å². The van der Waals surface area contributed by atoms with E-state index in [1.165, 1.54) is 0 Å². The minimum absolute atomic E-state index is 0. The van der Waals surface area contributed by atoms with Crippen molar-refractivity contribution in [2.45, 2.75) is 19.8 Å². The molecule has 0 radical (unpaired) electrons. The average Bonchev–Trinajstić information content (AvgIpc) is 2.31. The summed E-state index contributed by atoms with van der Waals surface area (Å²) < 4.78 is 0. The first kappa shape index (κ1) is 11.7. The van der Waals surface area contributed by atoms with Crippen LogP contribution in [0.3, 0.4) is 0 Å². The van der Waals surface area contributed by atoms with Crippen LogP contribution >= 0.6 is 12.4 Å². The minimum Gasteiger partial charge on any atom is -0.342 e. The van der Waals surface area contributed by atoms with Gasteiger partial charge in [-0.05, 0) is 19.4 Å². The van der Waals surface area contributed by atoms with Gasteiger partial charge in [-0.2, -0.15) is 0 Å². The molecule has 3 nitrogen and oxygen atoms in total. The third-order valence-electron chi connectivity index (χ3n) is 2.20. The topological polar surface area (TPSA) is 46.3 Å². The molecule has 0 aromatic carbocycles. The molecule has 0 aliphatic carbocycles. The number of likely N-dealkylation sites (tertiary alicyclic amines) is 1. The number of hydrogen-bond donors (Lipinski definition) is 1. The Kier molecular flexibility index (Phi) is 5.25. The maximum absolute atomic E-state index is 11.3. The van der Waals surface area contributed by atoms with E-state index >= 15 is 0 Å². The first-order valence-corrected chi connectivity index (χ1v) is 4.24. The van der Waals surface area contributed by atoms with Gasteiger partial charge >= 0.3 is 0 Å². The fourth-order valence-electron chi connectivity index (χ4n) is 1.40. The van der Waals surface area contributed by atoms with Crippen LogP contribution in [-0.4, -0.2) is 30.4 Å². The van der Waals surface area contributed by atoms with Crippen molar-refractivity contribution in [3.8, 4) is 0 Å². The lowest BCUT2D eigenvalue weighted by Crippen LogP contribution is -2.28. The highest BCUT2D eigenvalue weighted by Gasteiger charge is 2.26. The van der Waals surface area contributed by atoms with Crippen molar-refractivity contribution in [3.63, 3.8) is 0 Å². The van der Waals surface area contributed by atoms with E-state index < -0.39 is 0 Å². The van der Waals surface area contributed by atoms with Crippen LogP contribution in [0.15, 0.2) is 0 Å². The molecule has 72 valence electrons. The number of nitrogens with zero attached hydrogens (tertiary/aromatic N) is 1. The van der Waals surface area contributed by atoms with Gasteiger partial charge in [0, 0.05) is 19.0 Å². The summed E-state index contributed by atoms with van der Waals surface area (Å²) in [4.78, 5) is 13.2. The molecule has 1 unspecified atom stereocenters. The molecule has 0 saturated carbocycles. The maximum Gasteiger partial charge on any atom is 0.225 e. The fourth-order valence-corrected chi connectivity index (χ4v) is 1.40. The van der Waals surface area contributed by atoms with Crippen LogP contribution in [0.5, 0.6) is 0 Å². The summed E-state index contributed by atoms with van der Waals surface area (Å²) in [5.74, 6) is 0.547. The lowest BCUT2D eigenvalue weighted by Gasteiger charge is -2.14. The second-order valence-corrected chi connectivity index (χ2v) is 3.16. The quantitative estimate of drug-likeness (QED) is 0.713. The highest BCUT2D eigenvalue weighted by molar-refractivity contribution is 5.85. The lowest BCUT2D eigenvalue weighted by atomic mass is 10.1. The van der Waals surface area contributed by atoms with Crippen molar-refractivity contribution in [3.05, 3.63) is 0 Å². The van der Waals surface area contributed by atoms with Crippen molar-refractivity contribution in [2.24, 2.45) is 11.7 Å². The van der Waals surface area contributed by atoms with Gasteiger partial charge in [-0.1, -0.05) is 6.92 Å². The second kappa shape index (κ2) is 5.38. The molecule has 0 aromatic rings. The van der Waals surface area contributed by atoms with Gasteiger partial charge in [-0.3, -0.25) is 4.79 Å². The van der Waals surface area contributed by atoms with E-state index in [1.807, 2.05) is 11.8 Å². The van der Waals surface area contributed by atoms with Gasteiger partial charge in [-0.15, -0.1) is 12.4 Å². The van der Waals surface area contributed by atoms with Gasteiger partial charge < -0.3 is 10.6 Å². The molecule has 2 N–H and O–H groups in total. The number of amides is 1. The van der Waals surface area contributed by atoms with E-state index in [2.05, 4.69) is 0 Å². The van der Waals surface area contributed by atoms with Crippen molar-refractivity contribution in [2.75, 3.05) is 19.6 Å². The Morgan fingerprint density at radius 3 is 2.75 bits per heavy atom. The van der Waals surface area contributed by atoms with E-state index in [1.54, 1.807) is 0 Å². The largest absolute Gasteiger partial charge is 0.342 e. The van der Waals surface area contributed by atoms with Crippen LogP contribution in [0.4, 0.5) is 0 Å². The van der Waals surface area contributed by atoms with E-state index in [-0.39, 0.29) is 18.3 Å². The highest BCUT2D eigenvalue weighted by atomic mass is 35.5. The number of carbonyl (C=O) groups excluding carboxylic acids is 1. The van der Waals surface area contributed by atoms with Crippen molar-refractivity contribution >= 4 is 18.3 Å².